The number of hydrogen-bond acceptors (Lipinski definition) is 5. The maximum atomic E-state index is 14.4. The SMILES string of the molecule is CC(=O)Nc1ccc(-c2csc(NC(=O)c3cnn(-c4ccccc4)c3)n2)c(F)c1. The third-order valence-corrected chi connectivity index (χ3v) is 4.91. The van der Waals surface area contributed by atoms with Crippen LogP contribution in [0.15, 0.2) is 66.3 Å². The summed E-state index contributed by atoms with van der Waals surface area (Å²) >= 11 is 1.19. The lowest BCUT2D eigenvalue weighted by Gasteiger charge is -2.05. The molecular weight excluding hydrogens is 405 g/mol. The van der Waals surface area contributed by atoms with Gasteiger partial charge in [-0.25, -0.2) is 14.1 Å². The average Bonchev–Trinajstić information content (AvgIpc) is 3.38. The first kappa shape index (κ1) is 19.5. The number of carbonyl (C=O) groups is 2. The van der Waals surface area contributed by atoms with Crippen LogP contribution in [0.1, 0.15) is 17.3 Å². The number of para-hydroxylation sites is 1. The van der Waals surface area contributed by atoms with Gasteiger partial charge in [-0.3, -0.25) is 14.9 Å². The molecule has 2 heterocycles. The maximum absolute atomic E-state index is 14.4. The van der Waals surface area contributed by atoms with Crippen LogP contribution in [0.25, 0.3) is 16.9 Å². The molecule has 150 valence electrons. The molecular formula is C21H16FN5O2S. The van der Waals surface area contributed by atoms with E-state index >= 15 is 0 Å². The summed E-state index contributed by atoms with van der Waals surface area (Å²) in [4.78, 5) is 27.9. The Kier molecular flexibility index (Phi) is 5.36. The highest BCUT2D eigenvalue weighted by molar-refractivity contribution is 7.14. The quantitative estimate of drug-likeness (QED) is 0.502. The summed E-state index contributed by atoms with van der Waals surface area (Å²) in [5.74, 6) is -1.16. The molecule has 2 N–H and O–H groups in total. The van der Waals surface area contributed by atoms with Crippen molar-refractivity contribution in [3.8, 4) is 16.9 Å². The van der Waals surface area contributed by atoms with E-state index in [1.54, 1.807) is 22.3 Å². The zero-order valence-electron chi connectivity index (χ0n) is 15.8. The van der Waals surface area contributed by atoms with E-state index in [4.69, 9.17) is 0 Å². The Bertz CT molecular complexity index is 1220. The summed E-state index contributed by atoms with van der Waals surface area (Å²) in [7, 11) is 0. The van der Waals surface area contributed by atoms with Crippen molar-refractivity contribution in [3.63, 3.8) is 0 Å². The zero-order chi connectivity index (χ0) is 21.1. The summed E-state index contributed by atoms with van der Waals surface area (Å²) in [6, 6.07) is 13.8. The monoisotopic (exact) mass is 421 g/mol. The fourth-order valence-electron chi connectivity index (χ4n) is 2.79. The molecule has 4 rings (SSSR count). The van der Waals surface area contributed by atoms with Gasteiger partial charge in [-0.2, -0.15) is 5.10 Å². The molecule has 0 atom stereocenters. The standard InChI is InChI=1S/C21H16FN5O2S/c1-13(28)24-15-7-8-17(18(22)9-15)19-12-30-21(25-19)26-20(29)14-10-23-27(11-14)16-5-3-2-4-6-16/h2-12H,1H3,(H,24,28)(H,25,26,29). The minimum absolute atomic E-state index is 0.276. The molecule has 0 radical (unpaired) electrons. The molecule has 0 fully saturated rings. The van der Waals surface area contributed by atoms with Gasteiger partial charge in [-0.05, 0) is 30.3 Å². The van der Waals surface area contributed by atoms with Crippen LogP contribution in [0.3, 0.4) is 0 Å². The van der Waals surface area contributed by atoms with Gasteiger partial charge >= 0.3 is 0 Å². The Morgan fingerprint density at radius 3 is 2.63 bits per heavy atom. The number of halogens is 1. The Morgan fingerprint density at radius 2 is 1.90 bits per heavy atom. The molecule has 0 spiro atoms. The Balaban J connectivity index is 1.48. The van der Waals surface area contributed by atoms with E-state index in [9.17, 15) is 14.0 Å². The number of carbonyl (C=O) groups excluding carboxylic acids is 2. The van der Waals surface area contributed by atoms with Crippen LogP contribution >= 0.6 is 11.3 Å². The predicted octanol–water partition coefficient (Wildman–Crippen LogP) is 4.35. The van der Waals surface area contributed by atoms with E-state index in [0.29, 0.717) is 22.1 Å². The summed E-state index contributed by atoms with van der Waals surface area (Å²) in [6.45, 7) is 1.35. The highest BCUT2D eigenvalue weighted by Gasteiger charge is 2.14. The molecule has 0 bridgehead atoms. The molecule has 4 aromatic rings. The van der Waals surface area contributed by atoms with Crippen molar-refractivity contribution in [1.82, 2.24) is 14.8 Å². The molecule has 2 aromatic carbocycles. The topological polar surface area (TPSA) is 88.9 Å². The number of thiazole rings is 1. The largest absolute Gasteiger partial charge is 0.326 e. The van der Waals surface area contributed by atoms with Crippen molar-refractivity contribution in [1.29, 1.82) is 0 Å². The minimum Gasteiger partial charge on any atom is -0.326 e. The lowest BCUT2D eigenvalue weighted by Crippen LogP contribution is -2.10. The second kappa shape index (κ2) is 8.26. The number of benzene rings is 2. The highest BCUT2D eigenvalue weighted by Crippen LogP contribution is 2.29. The van der Waals surface area contributed by atoms with Gasteiger partial charge in [0.15, 0.2) is 5.13 Å². The average molecular weight is 421 g/mol. The van der Waals surface area contributed by atoms with Crippen LogP contribution in [-0.2, 0) is 4.79 Å². The molecule has 0 aliphatic heterocycles. The van der Waals surface area contributed by atoms with Crippen molar-refractivity contribution in [2.45, 2.75) is 6.92 Å². The van der Waals surface area contributed by atoms with E-state index in [-0.39, 0.29) is 17.4 Å². The highest BCUT2D eigenvalue weighted by atomic mass is 32.1. The summed E-state index contributed by atoms with van der Waals surface area (Å²) in [6.07, 6.45) is 3.09. The Morgan fingerprint density at radius 1 is 1.10 bits per heavy atom. The van der Waals surface area contributed by atoms with Crippen LogP contribution in [0.4, 0.5) is 15.2 Å². The van der Waals surface area contributed by atoms with E-state index in [0.717, 1.165) is 5.69 Å². The van der Waals surface area contributed by atoms with Gasteiger partial charge < -0.3 is 5.32 Å². The van der Waals surface area contributed by atoms with Crippen LogP contribution in [0.5, 0.6) is 0 Å². The number of nitrogens with zero attached hydrogens (tertiary/aromatic N) is 3. The van der Waals surface area contributed by atoms with E-state index < -0.39 is 5.82 Å². The van der Waals surface area contributed by atoms with Gasteiger partial charge in [0.05, 0.1) is 23.1 Å². The van der Waals surface area contributed by atoms with Crippen molar-refractivity contribution >= 4 is 34.0 Å². The molecule has 0 aliphatic rings. The molecule has 0 aliphatic carbocycles. The van der Waals surface area contributed by atoms with Crippen LogP contribution in [-0.4, -0.2) is 26.6 Å². The van der Waals surface area contributed by atoms with E-state index in [2.05, 4.69) is 20.7 Å². The van der Waals surface area contributed by atoms with Crippen molar-refractivity contribution in [2.75, 3.05) is 10.6 Å². The van der Waals surface area contributed by atoms with Crippen molar-refractivity contribution in [3.05, 3.63) is 77.7 Å². The second-order valence-electron chi connectivity index (χ2n) is 6.38. The number of aromatic nitrogens is 3. The lowest BCUT2D eigenvalue weighted by atomic mass is 10.1. The Hall–Kier alpha value is -3.85. The molecule has 0 saturated heterocycles. The third kappa shape index (κ3) is 4.26. The number of amides is 2. The normalized spacial score (nSPS) is 10.6. The second-order valence-corrected chi connectivity index (χ2v) is 7.24. The van der Waals surface area contributed by atoms with Gasteiger partial charge in [0.25, 0.3) is 5.91 Å². The van der Waals surface area contributed by atoms with Crippen molar-refractivity contribution in [2.24, 2.45) is 0 Å². The number of nitrogens with one attached hydrogen (secondary N) is 2. The molecule has 9 heteroatoms. The van der Waals surface area contributed by atoms with Gasteiger partial charge in [0.2, 0.25) is 5.91 Å². The molecule has 7 nitrogen and oxygen atoms in total. The molecule has 30 heavy (non-hydrogen) atoms. The number of hydrogen-bond donors (Lipinski definition) is 2. The van der Waals surface area contributed by atoms with Gasteiger partial charge in [-0.15, -0.1) is 11.3 Å². The third-order valence-electron chi connectivity index (χ3n) is 4.16. The first-order valence-electron chi connectivity index (χ1n) is 8.94. The van der Waals surface area contributed by atoms with Gasteiger partial charge in [0.1, 0.15) is 5.82 Å². The summed E-state index contributed by atoms with van der Waals surface area (Å²) in [5, 5.41) is 11.4. The van der Waals surface area contributed by atoms with E-state index in [1.807, 2.05) is 30.3 Å². The van der Waals surface area contributed by atoms with Gasteiger partial charge in [0, 0.05) is 29.8 Å². The summed E-state index contributed by atoms with van der Waals surface area (Å²) < 4.78 is 16.0. The zero-order valence-corrected chi connectivity index (χ0v) is 16.6. The lowest BCUT2D eigenvalue weighted by molar-refractivity contribution is -0.114. The van der Waals surface area contributed by atoms with E-state index in [1.165, 1.54) is 36.6 Å². The number of rotatable bonds is 5. The fourth-order valence-corrected chi connectivity index (χ4v) is 3.50. The first-order chi connectivity index (χ1) is 14.5. The fraction of sp³-hybridized carbons (Fsp3) is 0.0476. The van der Waals surface area contributed by atoms with Crippen LogP contribution < -0.4 is 10.6 Å². The molecule has 2 amide bonds. The smallest absolute Gasteiger partial charge is 0.260 e. The summed E-state index contributed by atoms with van der Waals surface area (Å²) in [5.41, 5.74) is 2.25. The maximum Gasteiger partial charge on any atom is 0.260 e. The first-order valence-corrected chi connectivity index (χ1v) is 9.82. The number of anilines is 2. The Labute approximate surface area is 175 Å². The predicted molar refractivity (Wildman–Crippen MR) is 113 cm³/mol. The van der Waals surface area contributed by atoms with Crippen LogP contribution in [0.2, 0.25) is 0 Å². The van der Waals surface area contributed by atoms with Gasteiger partial charge in [-0.1, -0.05) is 18.2 Å². The van der Waals surface area contributed by atoms with Crippen molar-refractivity contribution < 1.29 is 14.0 Å². The molecule has 0 saturated carbocycles. The minimum atomic E-state index is -0.520. The van der Waals surface area contributed by atoms with Crippen LogP contribution in [0, 0.1) is 5.82 Å². The molecule has 0 unspecified atom stereocenters. The molecule has 2 aromatic heterocycles.